The second kappa shape index (κ2) is 13.9. The number of urea groups is 1. The fourth-order valence-corrected chi connectivity index (χ4v) is 6.18. The number of nitrogens with zero attached hydrogens (tertiary/aromatic N) is 1. The van der Waals surface area contributed by atoms with Crippen molar-refractivity contribution in [2.75, 3.05) is 13.1 Å². The van der Waals surface area contributed by atoms with Gasteiger partial charge in [0, 0.05) is 17.5 Å². The van der Waals surface area contributed by atoms with Gasteiger partial charge in [-0.1, -0.05) is 83.2 Å². The molecule has 0 aliphatic heterocycles. The van der Waals surface area contributed by atoms with E-state index in [1.807, 2.05) is 59.7 Å². The summed E-state index contributed by atoms with van der Waals surface area (Å²) in [6.07, 6.45) is 6.94. The highest BCUT2D eigenvalue weighted by Crippen LogP contribution is 2.42. The van der Waals surface area contributed by atoms with Crippen LogP contribution < -0.4 is 21.7 Å². The molecule has 10 heteroatoms. The molecule has 1 aromatic rings. The summed E-state index contributed by atoms with van der Waals surface area (Å²) in [6, 6.07) is 7.58. The van der Waals surface area contributed by atoms with Crippen LogP contribution in [0.5, 0.6) is 0 Å². The molecular formula is C33H51N5O5. The van der Waals surface area contributed by atoms with Crippen molar-refractivity contribution < 1.29 is 24.0 Å². The predicted octanol–water partition coefficient (Wildman–Crippen LogP) is 3.57. The molecule has 0 saturated heterocycles. The standard InChI is InChI=1S/C33H51N5O5/c1-31(2,3)27(36-30(43)37-32(4,5)6)29(42)38(21-33(17-10-11-18-33)23-15-8-7-9-16-23)20-25(39)35-24(26(40)28(34)41)19-22-13-12-14-22/h7-9,15-16,22,24,27H,10-14,17-21H2,1-6H3,(H2,34,41)(H,35,39)(H2,36,37,43)/t24?,27-/m0/s1. The van der Waals surface area contributed by atoms with E-state index < -0.39 is 46.7 Å². The van der Waals surface area contributed by atoms with E-state index in [0.29, 0.717) is 6.42 Å². The van der Waals surface area contributed by atoms with Gasteiger partial charge in [-0.3, -0.25) is 19.2 Å². The van der Waals surface area contributed by atoms with E-state index in [9.17, 15) is 24.0 Å². The first-order valence-electron chi connectivity index (χ1n) is 15.6. The summed E-state index contributed by atoms with van der Waals surface area (Å²) in [5.74, 6) is -2.61. The van der Waals surface area contributed by atoms with Crippen molar-refractivity contribution in [1.29, 1.82) is 0 Å². The van der Waals surface area contributed by atoms with Gasteiger partial charge >= 0.3 is 6.03 Å². The van der Waals surface area contributed by atoms with E-state index in [1.165, 1.54) is 4.90 Å². The van der Waals surface area contributed by atoms with Crippen molar-refractivity contribution >= 4 is 29.5 Å². The molecule has 3 rings (SSSR count). The van der Waals surface area contributed by atoms with E-state index >= 15 is 0 Å². The summed E-state index contributed by atoms with van der Waals surface area (Å²) >= 11 is 0. The lowest BCUT2D eigenvalue weighted by molar-refractivity contribution is -0.142. The van der Waals surface area contributed by atoms with Crippen molar-refractivity contribution in [2.45, 2.75) is 116 Å². The van der Waals surface area contributed by atoms with E-state index in [4.69, 9.17) is 5.73 Å². The number of amides is 5. The number of primary amides is 1. The largest absolute Gasteiger partial charge is 0.363 e. The molecule has 0 spiro atoms. The number of ketones is 1. The molecule has 43 heavy (non-hydrogen) atoms. The first kappa shape index (κ1) is 34.1. The summed E-state index contributed by atoms with van der Waals surface area (Å²) in [5.41, 5.74) is 4.87. The molecule has 5 amide bonds. The molecule has 2 atom stereocenters. The average molecular weight is 598 g/mol. The Bertz CT molecular complexity index is 1160. The second-order valence-corrected chi connectivity index (χ2v) is 14.6. The molecule has 2 fully saturated rings. The predicted molar refractivity (Wildman–Crippen MR) is 166 cm³/mol. The molecule has 238 valence electrons. The number of nitrogens with one attached hydrogen (secondary N) is 3. The fraction of sp³-hybridized carbons (Fsp3) is 0.667. The fourth-order valence-electron chi connectivity index (χ4n) is 6.18. The van der Waals surface area contributed by atoms with Gasteiger partial charge in [0.05, 0.1) is 12.6 Å². The Morgan fingerprint density at radius 2 is 1.53 bits per heavy atom. The van der Waals surface area contributed by atoms with E-state index in [0.717, 1.165) is 50.5 Å². The van der Waals surface area contributed by atoms with E-state index in [2.05, 4.69) is 28.1 Å². The van der Waals surface area contributed by atoms with Crippen LogP contribution in [0.15, 0.2) is 30.3 Å². The third kappa shape index (κ3) is 9.53. The van der Waals surface area contributed by atoms with Crippen molar-refractivity contribution in [3.05, 3.63) is 35.9 Å². The van der Waals surface area contributed by atoms with Gasteiger partial charge in [0.15, 0.2) is 0 Å². The Kier molecular flexibility index (Phi) is 11.0. The lowest BCUT2D eigenvalue weighted by atomic mass is 9.77. The normalized spacial score (nSPS) is 18.1. The average Bonchev–Trinajstić information content (AvgIpc) is 3.36. The molecular weight excluding hydrogens is 546 g/mol. The molecule has 0 heterocycles. The van der Waals surface area contributed by atoms with Crippen LogP contribution in [0.25, 0.3) is 0 Å². The molecule has 0 radical (unpaired) electrons. The summed E-state index contributed by atoms with van der Waals surface area (Å²) in [4.78, 5) is 66.9. The van der Waals surface area contributed by atoms with Crippen LogP contribution in [0.3, 0.4) is 0 Å². The molecule has 2 aliphatic carbocycles. The summed E-state index contributed by atoms with van der Waals surface area (Å²) < 4.78 is 0. The first-order valence-corrected chi connectivity index (χ1v) is 15.6. The number of rotatable bonds is 12. The van der Waals surface area contributed by atoms with Crippen LogP contribution in [0.2, 0.25) is 0 Å². The highest BCUT2D eigenvalue weighted by atomic mass is 16.2. The van der Waals surface area contributed by atoms with Crippen LogP contribution in [-0.2, 0) is 24.6 Å². The zero-order valence-electron chi connectivity index (χ0n) is 26.8. The maximum absolute atomic E-state index is 14.4. The zero-order chi connectivity index (χ0) is 32.0. The van der Waals surface area contributed by atoms with Gasteiger partial charge in [-0.15, -0.1) is 0 Å². The smallest absolute Gasteiger partial charge is 0.315 e. The van der Waals surface area contributed by atoms with Crippen molar-refractivity contribution in [2.24, 2.45) is 17.1 Å². The third-order valence-corrected chi connectivity index (χ3v) is 8.65. The second-order valence-electron chi connectivity index (χ2n) is 14.6. The van der Waals surface area contributed by atoms with Gasteiger partial charge in [-0.05, 0) is 56.9 Å². The maximum atomic E-state index is 14.4. The number of nitrogens with two attached hydrogens (primary N) is 1. The third-order valence-electron chi connectivity index (χ3n) is 8.65. The summed E-state index contributed by atoms with van der Waals surface area (Å²) in [7, 11) is 0. The quantitative estimate of drug-likeness (QED) is 0.272. The van der Waals surface area contributed by atoms with Crippen molar-refractivity contribution in [1.82, 2.24) is 20.9 Å². The first-order chi connectivity index (χ1) is 20.0. The molecule has 1 unspecified atom stereocenters. The molecule has 0 bridgehead atoms. The van der Waals surface area contributed by atoms with Gasteiger partial charge in [-0.25, -0.2) is 4.79 Å². The Labute approximate surface area is 256 Å². The van der Waals surface area contributed by atoms with Crippen molar-refractivity contribution in [3.63, 3.8) is 0 Å². The minimum absolute atomic E-state index is 0.238. The van der Waals surface area contributed by atoms with Crippen LogP contribution >= 0.6 is 0 Å². The van der Waals surface area contributed by atoms with E-state index in [1.54, 1.807) is 0 Å². The molecule has 1 aromatic carbocycles. The topological polar surface area (TPSA) is 151 Å². The highest BCUT2D eigenvalue weighted by Gasteiger charge is 2.43. The Balaban J connectivity index is 1.93. The highest BCUT2D eigenvalue weighted by molar-refractivity contribution is 6.37. The molecule has 2 aliphatic rings. The lowest BCUT2D eigenvalue weighted by Crippen LogP contribution is -2.61. The zero-order valence-corrected chi connectivity index (χ0v) is 26.8. The monoisotopic (exact) mass is 597 g/mol. The van der Waals surface area contributed by atoms with Crippen molar-refractivity contribution in [3.8, 4) is 0 Å². The van der Waals surface area contributed by atoms with Crippen LogP contribution in [0, 0.1) is 11.3 Å². The lowest BCUT2D eigenvalue weighted by Gasteiger charge is -2.40. The van der Waals surface area contributed by atoms with E-state index in [-0.39, 0.29) is 30.3 Å². The number of hydrogen-bond acceptors (Lipinski definition) is 5. The Morgan fingerprint density at radius 1 is 0.930 bits per heavy atom. The summed E-state index contributed by atoms with van der Waals surface area (Å²) in [5, 5.41) is 8.46. The van der Waals surface area contributed by atoms with Crippen LogP contribution in [0.4, 0.5) is 4.79 Å². The Hall–Kier alpha value is -3.43. The van der Waals surface area contributed by atoms with Crippen LogP contribution in [-0.4, -0.2) is 65.1 Å². The molecule has 5 N–H and O–H groups in total. The van der Waals surface area contributed by atoms with Gasteiger partial charge in [0.25, 0.3) is 5.91 Å². The molecule has 2 saturated carbocycles. The number of benzene rings is 1. The van der Waals surface area contributed by atoms with Gasteiger partial charge in [0.2, 0.25) is 17.6 Å². The number of Topliss-reactive ketones (excluding diaryl/α,β-unsaturated/α-hetero) is 1. The number of carbonyl (C=O) groups is 5. The van der Waals surface area contributed by atoms with Gasteiger partial charge in [0.1, 0.15) is 6.04 Å². The SMILES string of the molecule is CC(C)(C)NC(=O)N[C@@H](C(=O)N(CC(=O)NC(CC1CCC1)C(=O)C(N)=O)CC1(c2ccccc2)CCCC1)C(C)(C)C. The number of hydrogen-bond donors (Lipinski definition) is 4. The van der Waals surface area contributed by atoms with Gasteiger partial charge < -0.3 is 26.6 Å². The minimum Gasteiger partial charge on any atom is -0.363 e. The Morgan fingerprint density at radius 3 is 2.02 bits per heavy atom. The summed E-state index contributed by atoms with van der Waals surface area (Å²) in [6.45, 7) is 11.1. The molecule has 10 nitrogen and oxygen atoms in total. The molecule has 0 aromatic heterocycles. The van der Waals surface area contributed by atoms with Gasteiger partial charge in [-0.2, -0.15) is 0 Å². The minimum atomic E-state index is -1.09. The number of carbonyl (C=O) groups excluding carboxylic acids is 5. The maximum Gasteiger partial charge on any atom is 0.315 e. The van der Waals surface area contributed by atoms with Crippen LogP contribution in [0.1, 0.15) is 98.5 Å².